The van der Waals surface area contributed by atoms with E-state index in [4.69, 9.17) is 16.3 Å². The molecule has 0 aliphatic rings. The minimum Gasteiger partial charge on any atom is -0.384 e. The molecule has 0 bridgehead atoms. The molecule has 0 fully saturated rings. The summed E-state index contributed by atoms with van der Waals surface area (Å²) in [7, 11) is 1.71. The van der Waals surface area contributed by atoms with Gasteiger partial charge in [0.25, 0.3) is 0 Å². The van der Waals surface area contributed by atoms with Crippen LogP contribution in [-0.2, 0) is 11.3 Å². The highest BCUT2D eigenvalue weighted by Gasteiger charge is 2.03. The standard InChI is InChI=1S/C14H22ClNOS/c1-11(2)9-16-10-12-4-5-14(13(15)8-12)18-7-6-17-3/h4-5,8,11,16H,6-7,9-10H2,1-3H3. The van der Waals surface area contributed by atoms with E-state index in [1.54, 1.807) is 18.9 Å². The molecule has 0 aromatic heterocycles. The summed E-state index contributed by atoms with van der Waals surface area (Å²) in [5.41, 5.74) is 1.23. The van der Waals surface area contributed by atoms with Crippen LogP contribution in [0.3, 0.4) is 0 Å². The van der Waals surface area contributed by atoms with Crippen LogP contribution < -0.4 is 5.32 Å². The van der Waals surface area contributed by atoms with Gasteiger partial charge in [-0.25, -0.2) is 0 Å². The summed E-state index contributed by atoms with van der Waals surface area (Å²) >= 11 is 7.99. The summed E-state index contributed by atoms with van der Waals surface area (Å²) in [6.45, 7) is 7.06. The van der Waals surface area contributed by atoms with Crippen LogP contribution in [0.4, 0.5) is 0 Å². The first kappa shape index (κ1) is 15.8. The normalized spacial score (nSPS) is 11.2. The van der Waals surface area contributed by atoms with Gasteiger partial charge >= 0.3 is 0 Å². The summed E-state index contributed by atoms with van der Waals surface area (Å²) in [4.78, 5) is 1.13. The van der Waals surface area contributed by atoms with Crippen molar-refractivity contribution in [2.75, 3.05) is 26.0 Å². The van der Waals surface area contributed by atoms with Gasteiger partial charge in [-0.3, -0.25) is 0 Å². The molecule has 1 rings (SSSR count). The summed E-state index contributed by atoms with van der Waals surface area (Å²) in [5, 5.41) is 4.25. The van der Waals surface area contributed by atoms with Crippen molar-refractivity contribution < 1.29 is 4.74 Å². The molecule has 1 N–H and O–H groups in total. The maximum absolute atomic E-state index is 6.26. The van der Waals surface area contributed by atoms with Crippen LogP contribution in [0, 0.1) is 5.92 Å². The van der Waals surface area contributed by atoms with Gasteiger partial charge in [0.05, 0.1) is 11.6 Å². The monoisotopic (exact) mass is 287 g/mol. The minimum absolute atomic E-state index is 0.671. The number of hydrogen-bond donors (Lipinski definition) is 1. The molecule has 1 aromatic carbocycles. The average molecular weight is 288 g/mol. The van der Waals surface area contributed by atoms with Crippen LogP contribution in [0.1, 0.15) is 19.4 Å². The van der Waals surface area contributed by atoms with Gasteiger partial charge < -0.3 is 10.1 Å². The molecule has 0 aliphatic carbocycles. The Morgan fingerprint density at radius 2 is 2.17 bits per heavy atom. The number of thioether (sulfide) groups is 1. The summed E-state index contributed by atoms with van der Waals surface area (Å²) in [6.07, 6.45) is 0. The first-order chi connectivity index (χ1) is 8.63. The van der Waals surface area contributed by atoms with Crippen molar-refractivity contribution in [1.29, 1.82) is 0 Å². The predicted molar refractivity (Wildman–Crippen MR) is 80.6 cm³/mol. The Bertz CT molecular complexity index is 358. The Morgan fingerprint density at radius 3 is 2.78 bits per heavy atom. The molecule has 0 aliphatic heterocycles. The molecule has 2 nitrogen and oxygen atoms in total. The molecule has 1 aromatic rings. The molecule has 0 atom stereocenters. The largest absolute Gasteiger partial charge is 0.384 e. The van der Waals surface area contributed by atoms with Crippen LogP contribution >= 0.6 is 23.4 Å². The van der Waals surface area contributed by atoms with Crippen molar-refractivity contribution in [2.45, 2.75) is 25.3 Å². The Balaban J connectivity index is 2.45. The number of hydrogen-bond acceptors (Lipinski definition) is 3. The zero-order valence-corrected chi connectivity index (χ0v) is 12.9. The van der Waals surface area contributed by atoms with Crippen LogP contribution in [0.15, 0.2) is 23.1 Å². The molecular formula is C14H22ClNOS. The highest BCUT2D eigenvalue weighted by Crippen LogP contribution is 2.27. The molecule has 0 unspecified atom stereocenters. The third kappa shape index (κ3) is 6.10. The quantitative estimate of drug-likeness (QED) is 0.580. The lowest BCUT2D eigenvalue weighted by atomic mass is 10.2. The van der Waals surface area contributed by atoms with Gasteiger partial charge in [-0.1, -0.05) is 31.5 Å². The zero-order valence-electron chi connectivity index (χ0n) is 11.3. The van der Waals surface area contributed by atoms with Crippen LogP contribution in [0.5, 0.6) is 0 Å². The second-order valence-electron chi connectivity index (χ2n) is 4.63. The Kier molecular flexibility index (Phi) is 7.75. The number of benzene rings is 1. The van der Waals surface area contributed by atoms with Gasteiger partial charge in [0.15, 0.2) is 0 Å². The fourth-order valence-electron chi connectivity index (χ4n) is 1.51. The highest BCUT2D eigenvalue weighted by molar-refractivity contribution is 7.99. The molecule has 18 heavy (non-hydrogen) atoms. The summed E-state index contributed by atoms with van der Waals surface area (Å²) in [6, 6.07) is 6.27. The lowest BCUT2D eigenvalue weighted by molar-refractivity contribution is 0.218. The summed E-state index contributed by atoms with van der Waals surface area (Å²) in [5.74, 6) is 1.60. The fourth-order valence-corrected chi connectivity index (χ4v) is 2.71. The Hall–Kier alpha value is -0.220. The van der Waals surface area contributed by atoms with Crippen molar-refractivity contribution in [3.8, 4) is 0 Å². The van der Waals surface area contributed by atoms with Crippen LogP contribution in [0.2, 0.25) is 5.02 Å². The van der Waals surface area contributed by atoms with Crippen LogP contribution in [-0.4, -0.2) is 26.0 Å². The zero-order chi connectivity index (χ0) is 13.4. The number of methoxy groups -OCH3 is 1. The van der Waals surface area contributed by atoms with Gasteiger partial charge in [0, 0.05) is 24.3 Å². The van der Waals surface area contributed by atoms with E-state index in [9.17, 15) is 0 Å². The van der Waals surface area contributed by atoms with Crippen molar-refractivity contribution in [3.63, 3.8) is 0 Å². The van der Waals surface area contributed by atoms with Gasteiger partial charge in [0.2, 0.25) is 0 Å². The van der Waals surface area contributed by atoms with E-state index >= 15 is 0 Å². The van der Waals surface area contributed by atoms with Crippen molar-refractivity contribution in [1.82, 2.24) is 5.32 Å². The van der Waals surface area contributed by atoms with E-state index in [1.807, 2.05) is 6.07 Å². The number of nitrogens with one attached hydrogen (secondary N) is 1. The maximum atomic E-state index is 6.26. The van der Waals surface area contributed by atoms with E-state index in [1.165, 1.54) is 5.56 Å². The second-order valence-corrected chi connectivity index (χ2v) is 6.17. The predicted octanol–water partition coefficient (Wildman–Crippen LogP) is 3.82. The molecule has 102 valence electrons. The number of rotatable bonds is 8. The van der Waals surface area contributed by atoms with E-state index in [0.717, 1.165) is 35.4 Å². The highest BCUT2D eigenvalue weighted by atomic mass is 35.5. The third-order valence-corrected chi connectivity index (χ3v) is 3.89. The van der Waals surface area contributed by atoms with Crippen molar-refractivity contribution in [2.24, 2.45) is 5.92 Å². The summed E-state index contributed by atoms with van der Waals surface area (Å²) < 4.78 is 5.03. The van der Waals surface area contributed by atoms with E-state index in [2.05, 4.69) is 31.3 Å². The lowest BCUT2D eigenvalue weighted by Crippen LogP contribution is -2.18. The molecule has 0 saturated heterocycles. The van der Waals surface area contributed by atoms with Gasteiger partial charge in [-0.05, 0) is 30.2 Å². The lowest BCUT2D eigenvalue weighted by Gasteiger charge is -2.09. The first-order valence-electron chi connectivity index (χ1n) is 6.24. The second kappa shape index (κ2) is 8.81. The molecule has 0 amide bonds. The molecular weight excluding hydrogens is 266 g/mol. The number of ether oxygens (including phenoxy) is 1. The molecule has 0 heterocycles. The van der Waals surface area contributed by atoms with Gasteiger partial charge in [-0.15, -0.1) is 11.8 Å². The smallest absolute Gasteiger partial charge is 0.0556 e. The Morgan fingerprint density at radius 1 is 1.39 bits per heavy atom. The fraction of sp³-hybridized carbons (Fsp3) is 0.571. The molecule has 0 radical (unpaired) electrons. The van der Waals surface area contributed by atoms with Crippen molar-refractivity contribution >= 4 is 23.4 Å². The van der Waals surface area contributed by atoms with E-state index in [0.29, 0.717) is 5.92 Å². The van der Waals surface area contributed by atoms with Crippen LogP contribution in [0.25, 0.3) is 0 Å². The maximum Gasteiger partial charge on any atom is 0.0556 e. The topological polar surface area (TPSA) is 21.3 Å². The van der Waals surface area contributed by atoms with Crippen molar-refractivity contribution in [3.05, 3.63) is 28.8 Å². The average Bonchev–Trinajstić information content (AvgIpc) is 2.31. The van der Waals surface area contributed by atoms with Gasteiger partial charge in [0.1, 0.15) is 0 Å². The SMILES string of the molecule is COCCSc1ccc(CNCC(C)C)cc1Cl. The molecule has 0 saturated carbocycles. The minimum atomic E-state index is 0.671. The molecule has 4 heteroatoms. The first-order valence-corrected chi connectivity index (χ1v) is 7.60. The number of halogens is 1. The Labute approximate surface area is 119 Å². The molecule has 0 spiro atoms. The third-order valence-electron chi connectivity index (χ3n) is 2.42. The van der Waals surface area contributed by atoms with Gasteiger partial charge in [-0.2, -0.15) is 0 Å². The van der Waals surface area contributed by atoms with E-state index in [-0.39, 0.29) is 0 Å². The van der Waals surface area contributed by atoms with E-state index < -0.39 is 0 Å².